The number of nitrogens with one attached hydrogen (secondary N) is 2. The second-order valence-electron chi connectivity index (χ2n) is 4.82. The molecule has 104 valence electrons. The van der Waals surface area contributed by atoms with E-state index < -0.39 is 6.10 Å². The minimum atomic E-state index is -0.400. The Morgan fingerprint density at radius 1 is 1.47 bits per heavy atom. The van der Waals surface area contributed by atoms with Crippen LogP contribution in [0.5, 0.6) is 5.75 Å². The highest BCUT2D eigenvalue weighted by Crippen LogP contribution is 2.21. The van der Waals surface area contributed by atoms with E-state index in [1.54, 1.807) is 0 Å². The maximum atomic E-state index is 11.9. The van der Waals surface area contributed by atoms with Gasteiger partial charge in [-0.15, -0.1) is 0 Å². The third-order valence-electron chi connectivity index (χ3n) is 3.17. The van der Waals surface area contributed by atoms with Crippen LogP contribution in [-0.4, -0.2) is 30.6 Å². The van der Waals surface area contributed by atoms with Gasteiger partial charge in [-0.2, -0.15) is 0 Å². The smallest absolute Gasteiger partial charge is 0.261 e. The standard InChI is InChI=1S/C14H21N3O2/c1-10-6-7-12(11(17-10)9-15-2)19-13-5-3-4-8-16-14(13)18/h6-7,13,15H,3-5,8-9H2,1-2H3,(H,16,18). The number of carbonyl (C=O) groups is 1. The van der Waals surface area contributed by atoms with Gasteiger partial charge in [-0.1, -0.05) is 0 Å². The molecule has 2 N–H and O–H groups in total. The van der Waals surface area contributed by atoms with E-state index in [4.69, 9.17) is 4.74 Å². The summed E-state index contributed by atoms with van der Waals surface area (Å²) in [5.74, 6) is 0.676. The fourth-order valence-electron chi connectivity index (χ4n) is 2.18. The molecule has 2 heterocycles. The molecule has 1 fully saturated rings. The molecule has 5 nitrogen and oxygen atoms in total. The first-order valence-electron chi connectivity index (χ1n) is 6.76. The van der Waals surface area contributed by atoms with Crippen LogP contribution in [0.2, 0.25) is 0 Å². The van der Waals surface area contributed by atoms with Crippen molar-refractivity contribution >= 4 is 5.91 Å². The Bertz CT molecular complexity index is 448. The van der Waals surface area contributed by atoms with Crippen LogP contribution in [0.15, 0.2) is 12.1 Å². The van der Waals surface area contributed by atoms with Gasteiger partial charge in [0, 0.05) is 18.8 Å². The lowest BCUT2D eigenvalue weighted by Crippen LogP contribution is -2.36. The van der Waals surface area contributed by atoms with E-state index in [0.29, 0.717) is 12.3 Å². The molecule has 1 saturated heterocycles. The lowest BCUT2D eigenvalue weighted by atomic mass is 10.2. The lowest BCUT2D eigenvalue weighted by molar-refractivity contribution is -0.127. The number of ether oxygens (including phenoxy) is 1. The van der Waals surface area contributed by atoms with Gasteiger partial charge in [0.25, 0.3) is 5.91 Å². The second-order valence-corrected chi connectivity index (χ2v) is 4.82. The van der Waals surface area contributed by atoms with E-state index in [0.717, 1.165) is 37.2 Å². The van der Waals surface area contributed by atoms with Crippen LogP contribution in [0.4, 0.5) is 0 Å². The molecule has 1 amide bonds. The molecule has 1 aromatic rings. The summed E-state index contributed by atoms with van der Waals surface area (Å²) in [6.45, 7) is 3.32. The highest BCUT2D eigenvalue weighted by atomic mass is 16.5. The van der Waals surface area contributed by atoms with Gasteiger partial charge >= 0.3 is 0 Å². The van der Waals surface area contributed by atoms with Crippen LogP contribution < -0.4 is 15.4 Å². The van der Waals surface area contributed by atoms with Crippen LogP contribution >= 0.6 is 0 Å². The van der Waals surface area contributed by atoms with Crippen molar-refractivity contribution in [1.82, 2.24) is 15.6 Å². The van der Waals surface area contributed by atoms with E-state index in [1.807, 2.05) is 26.1 Å². The van der Waals surface area contributed by atoms with Crippen molar-refractivity contribution in [2.24, 2.45) is 0 Å². The number of nitrogens with zero attached hydrogens (tertiary/aromatic N) is 1. The molecule has 1 aromatic heterocycles. The molecule has 1 aliphatic heterocycles. The Morgan fingerprint density at radius 2 is 2.32 bits per heavy atom. The molecule has 0 radical (unpaired) electrons. The minimum Gasteiger partial charge on any atom is -0.479 e. The number of amides is 1. The fourth-order valence-corrected chi connectivity index (χ4v) is 2.18. The Kier molecular flexibility index (Phi) is 4.74. The van der Waals surface area contributed by atoms with Crippen LogP contribution in [0.3, 0.4) is 0 Å². The van der Waals surface area contributed by atoms with Crippen molar-refractivity contribution in [2.75, 3.05) is 13.6 Å². The topological polar surface area (TPSA) is 63.3 Å². The van der Waals surface area contributed by atoms with Crippen molar-refractivity contribution in [3.8, 4) is 5.75 Å². The largest absolute Gasteiger partial charge is 0.479 e. The SMILES string of the molecule is CNCc1nc(C)ccc1OC1CCCCNC1=O. The zero-order valence-corrected chi connectivity index (χ0v) is 11.5. The van der Waals surface area contributed by atoms with Gasteiger partial charge in [-0.25, -0.2) is 0 Å². The summed E-state index contributed by atoms with van der Waals surface area (Å²) in [7, 11) is 1.87. The Balaban J connectivity index is 2.14. The van der Waals surface area contributed by atoms with Crippen LogP contribution in [0, 0.1) is 6.92 Å². The first-order chi connectivity index (χ1) is 9.20. The average Bonchev–Trinajstić information content (AvgIpc) is 2.58. The molecule has 19 heavy (non-hydrogen) atoms. The third kappa shape index (κ3) is 3.67. The predicted octanol–water partition coefficient (Wildman–Crippen LogP) is 1.16. The van der Waals surface area contributed by atoms with Crippen LogP contribution in [-0.2, 0) is 11.3 Å². The zero-order chi connectivity index (χ0) is 13.7. The maximum Gasteiger partial charge on any atom is 0.261 e. The first-order valence-corrected chi connectivity index (χ1v) is 6.76. The van der Waals surface area contributed by atoms with Crippen molar-refractivity contribution in [1.29, 1.82) is 0 Å². The van der Waals surface area contributed by atoms with E-state index >= 15 is 0 Å². The number of aryl methyl sites for hydroxylation is 1. The van der Waals surface area contributed by atoms with Crippen molar-refractivity contribution < 1.29 is 9.53 Å². The molecule has 0 aliphatic carbocycles. The number of carbonyl (C=O) groups excluding carboxylic acids is 1. The number of aromatic nitrogens is 1. The van der Waals surface area contributed by atoms with Gasteiger partial charge in [0.15, 0.2) is 6.10 Å². The molecule has 0 bridgehead atoms. The molecule has 2 rings (SSSR count). The first kappa shape index (κ1) is 13.8. The van der Waals surface area contributed by atoms with Crippen molar-refractivity contribution in [3.05, 3.63) is 23.5 Å². The quantitative estimate of drug-likeness (QED) is 0.855. The molecule has 0 aromatic carbocycles. The summed E-state index contributed by atoms with van der Waals surface area (Å²) in [5.41, 5.74) is 1.79. The van der Waals surface area contributed by atoms with Crippen LogP contribution in [0.25, 0.3) is 0 Å². The van der Waals surface area contributed by atoms with Gasteiger partial charge in [0.2, 0.25) is 0 Å². The molecule has 5 heteroatoms. The average molecular weight is 263 g/mol. The monoisotopic (exact) mass is 263 g/mol. The molecule has 1 unspecified atom stereocenters. The van der Waals surface area contributed by atoms with E-state index in [9.17, 15) is 4.79 Å². The highest BCUT2D eigenvalue weighted by molar-refractivity contribution is 5.81. The molecule has 0 saturated carbocycles. The molecule has 0 spiro atoms. The minimum absolute atomic E-state index is 0.0199. The summed E-state index contributed by atoms with van der Waals surface area (Å²) >= 11 is 0. The summed E-state index contributed by atoms with van der Waals surface area (Å²) in [6.07, 6.45) is 2.38. The lowest BCUT2D eigenvalue weighted by Gasteiger charge is -2.18. The normalized spacial score (nSPS) is 19.7. The van der Waals surface area contributed by atoms with Gasteiger partial charge in [0.1, 0.15) is 5.75 Å². The number of rotatable bonds is 4. The zero-order valence-electron chi connectivity index (χ0n) is 11.5. The number of hydrogen-bond donors (Lipinski definition) is 2. The maximum absolute atomic E-state index is 11.9. The Morgan fingerprint density at radius 3 is 3.11 bits per heavy atom. The highest BCUT2D eigenvalue weighted by Gasteiger charge is 2.23. The molecular weight excluding hydrogens is 242 g/mol. The van der Waals surface area contributed by atoms with E-state index in [2.05, 4.69) is 15.6 Å². The summed E-state index contributed by atoms with van der Waals surface area (Å²) in [6, 6.07) is 3.80. The summed E-state index contributed by atoms with van der Waals surface area (Å²) in [4.78, 5) is 16.3. The van der Waals surface area contributed by atoms with E-state index in [-0.39, 0.29) is 5.91 Å². The van der Waals surface area contributed by atoms with E-state index in [1.165, 1.54) is 0 Å². The van der Waals surface area contributed by atoms with Crippen molar-refractivity contribution in [2.45, 2.75) is 38.8 Å². The van der Waals surface area contributed by atoms with Gasteiger partial charge in [0.05, 0.1) is 5.69 Å². The van der Waals surface area contributed by atoms with Crippen LogP contribution in [0.1, 0.15) is 30.7 Å². The van der Waals surface area contributed by atoms with Gasteiger partial charge in [-0.3, -0.25) is 9.78 Å². The Labute approximate surface area is 113 Å². The van der Waals surface area contributed by atoms with Crippen molar-refractivity contribution in [3.63, 3.8) is 0 Å². The number of hydrogen-bond acceptors (Lipinski definition) is 4. The third-order valence-corrected chi connectivity index (χ3v) is 3.17. The molecule has 1 aliphatic rings. The Hall–Kier alpha value is -1.62. The van der Waals surface area contributed by atoms with Gasteiger partial charge < -0.3 is 15.4 Å². The molecule has 1 atom stereocenters. The number of pyridine rings is 1. The summed E-state index contributed by atoms with van der Waals surface area (Å²) < 4.78 is 5.87. The molecular formula is C14H21N3O2. The second kappa shape index (κ2) is 6.52. The summed E-state index contributed by atoms with van der Waals surface area (Å²) in [5, 5.41) is 5.95. The fraction of sp³-hybridized carbons (Fsp3) is 0.571. The predicted molar refractivity (Wildman–Crippen MR) is 73.0 cm³/mol. The van der Waals surface area contributed by atoms with Gasteiger partial charge in [-0.05, 0) is 45.4 Å².